The molecule has 0 aliphatic carbocycles. The summed E-state index contributed by atoms with van der Waals surface area (Å²) in [6.07, 6.45) is 15.9. The van der Waals surface area contributed by atoms with E-state index in [1.165, 1.54) is 83.8 Å². The summed E-state index contributed by atoms with van der Waals surface area (Å²) in [6, 6.07) is 1.29. The zero-order valence-electron chi connectivity index (χ0n) is 21.1. The topological polar surface area (TPSA) is 94.1 Å². The van der Waals surface area contributed by atoms with E-state index in [-0.39, 0.29) is 28.8 Å². The lowest BCUT2D eigenvalue weighted by Gasteiger charge is -2.14. The average molecular weight is 500 g/mol. The number of aromatic hydroxyl groups is 1. The number of methoxy groups -OCH3 is 1. The Morgan fingerprint density at radius 1 is 0.912 bits per heavy atom. The average Bonchev–Trinajstić information content (AvgIpc) is 2.83. The Morgan fingerprint density at radius 3 is 1.91 bits per heavy atom. The highest BCUT2D eigenvalue weighted by molar-refractivity contribution is 6.33. The van der Waals surface area contributed by atoms with Gasteiger partial charge in [-0.3, -0.25) is 5.32 Å². The second-order valence-corrected chi connectivity index (χ2v) is 9.00. The SMILES string of the molecule is CCCCCCCCCCCCCCCCOC(=O)Oc1cc(NC(=O)OC)c(O)c(Cl)c1C. The summed E-state index contributed by atoms with van der Waals surface area (Å²) in [7, 11) is 1.19. The first-order valence-electron chi connectivity index (χ1n) is 12.6. The molecular weight excluding hydrogens is 458 g/mol. The maximum Gasteiger partial charge on any atom is 0.513 e. The van der Waals surface area contributed by atoms with Crippen molar-refractivity contribution >= 4 is 29.5 Å². The fraction of sp³-hybridized carbons (Fsp3) is 0.692. The Balaban J connectivity index is 2.15. The molecule has 194 valence electrons. The fourth-order valence-electron chi connectivity index (χ4n) is 3.65. The van der Waals surface area contributed by atoms with Gasteiger partial charge in [0, 0.05) is 11.6 Å². The smallest absolute Gasteiger partial charge is 0.504 e. The molecule has 0 saturated heterocycles. The maximum absolute atomic E-state index is 12.0. The summed E-state index contributed by atoms with van der Waals surface area (Å²) in [5, 5.41) is 12.3. The standard InChI is InChI=1S/C26H42ClNO6/c1-4-5-6-7-8-9-10-11-12-13-14-15-16-17-18-33-26(31)34-22-19-21(28-25(30)32-3)24(29)23(27)20(22)2/h19,29H,4-18H2,1-3H3,(H,28,30). The molecule has 1 rings (SSSR count). The van der Waals surface area contributed by atoms with Crippen LogP contribution in [0.4, 0.5) is 15.3 Å². The number of hydrogen-bond acceptors (Lipinski definition) is 6. The summed E-state index contributed by atoms with van der Waals surface area (Å²) in [4.78, 5) is 23.4. The minimum atomic E-state index is -0.858. The van der Waals surface area contributed by atoms with Crippen molar-refractivity contribution < 1.29 is 28.9 Å². The lowest BCUT2D eigenvalue weighted by atomic mass is 10.0. The third kappa shape index (κ3) is 12.4. The van der Waals surface area contributed by atoms with E-state index in [1.54, 1.807) is 6.92 Å². The van der Waals surface area contributed by atoms with Crippen LogP contribution >= 0.6 is 11.6 Å². The van der Waals surface area contributed by atoms with Crippen LogP contribution < -0.4 is 10.1 Å². The second-order valence-electron chi connectivity index (χ2n) is 8.62. The molecule has 0 atom stereocenters. The fourth-order valence-corrected chi connectivity index (χ4v) is 3.84. The van der Waals surface area contributed by atoms with Gasteiger partial charge >= 0.3 is 12.2 Å². The molecule has 0 aromatic heterocycles. The summed E-state index contributed by atoms with van der Waals surface area (Å²) in [5.74, 6) is -0.257. The first-order chi connectivity index (χ1) is 16.4. The van der Waals surface area contributed by atoms with Crippen LogP contribution in [0.1, 0.15) is 102 Å². The number of halogens is 1. The molecule has 0 aliphatic rings. The van der Waals surface area contributed by atoms with E-state index in [4.69, 9.17) is 21.1 Å². The van der Waals surface area contributed by atoms with Gasteiger partial charge in [0.2, 0.25) is 0 Å². The predicted molar refractivity (Wildman–Crippen MR) is 136 cm³/mol. The molecule has 0 spiro atoms. The van der Waals surface area contributed by atoms with E-state index in [1.807, 2.05) is 0 Å². The molecule has 8 heteroatoms. The summed E-state index contributed by atoms with van der Waals surface area (Å²) < 4.78 is 14.8. The molecule has 2 N–H and O–H groups in total. The number of unbranched alkanes of at least 4 members (excludes halogenated alkanes) is 13. The highest BCUT2D eigenvalue weighted by Crippen LogP contribution is 2.40. The van der Waals surface area contributed by atoms with E-state index in [0.717, 1.165) is 19.3 Å². The number of nitrogens with one attached hydrogen (secondary N) is 1. The highest BCUT2D eigenvalue weighted by atomic mass is 35.5. The second kappa shape index (κ2) is 18.2. The van der Waals surface area contributed by atoms with Crippen LogP contribution in [0, 0.1) is 6.92 Å². The molecule has 0 aliphatic heterocycles. The van der Waals surface area contributed by atoms with Gasteiger partial charge in [0.05, 0.1) is 24.4 Å². The van der Waals surface area contributed by atoms with Crippen LogP contribution in [-0.4, -0.2) is 31.1 Å². The van der Waals surface area contributed by atoms with Gasteiger partial charge in [-0.25, -0.2) is 9.59 Å². The Kier molecular flexibility index (Phi) is 16.0. The molecule has 1 amide bonds. The van der Waals surface area contributed by atoms with Crippen LogP contribution in [0.15, 0.2) is 6.07 Å². The molecule has 1 aromatic carbocycles. The van der Waals surface area contributed by atoms with Crippen LogP contribution in [0.3, 0.4) is 0 Å². The lowest BCUT2D eigenvalue weighted by molar-refractivity contribution is 0.0970. The monoisotopic (exact) mass is 499 g/mol. The molecule has 0 bridgehead atoms. The summed E-state index contributed by atoms with van der Waals surface area (Å²) >= 11 is 6.07. The van der Waals surface area contributed by atoms with E-state index >= 15 is 0 Å². The van der Waals surface area contributed by atoms with Crippen molar-refractivity contribution in [3.8, 4) is 11.5 Å². The van der Waals surface area contributed by atoms with Crippen LogP contribution in [0.25, 0.3) is 0 Å². The number of benzene rings is 1. The Bertz CT molecular complexity index is 740. The van der Waals surface area contributed by atoms with Crippen molar-refractivity contribution in [1.82, 2.24) is 0 Å². The molecule has 1 aromatic rings. The normalized spacial score (nSPS) is 10.7. The maximum atomic E-state index is 12.0. The van der Waals surface area contributed by atoms with Crippen molar-refractivity contribution in [2.45, 2.75) is 104 Å². The molecule has 0 fully saturated rings. The van der Waals surface area contributed by atoms with Gasteiger partial charge in [0.15, 0.2) is 5.75 Å². The number of carbonyl (C=O) groups is 2. The van der Waals surface area contributed by atoms with Gasteiger partial charge in [-0.1, -0.05) is 102 Å². The van der Waals surface area contributed by atoms with Crippen LogP contribution in [0.5, 0.6) is 11.5 Å². The third-order valence-corrected chi connectivity index (χ3v) is 6.23. The van der Waals surface area contributed by atoms with Crippen molar-refractivity contribution in [2.75, 3.05) is 19.0 Å². The third-order valence-electron chi connectivity index (χ3n) is 5.77. The quantitative estimate of drug-likeness (QED) is 0.0964. The van der Waals surface area contributed by atoms with Gasteiger partial charge in [-0.15, -0.1) is 0 Å². The number of carbonyl (C=O) groups excluding carboxylic acids is 2. The van der Waals surface area contributed by atoms with Gasteiger partial charge in [0.25, 0.3) is 0 Å². The molecule has 0 radical (unpaired) electrons. The Labute approximate surface area is 209 Å². The van der Waals surface area contributed by atoms with Gasteiger partial charge in [-0.05, 0) is 13.3 Å². The number of phenolic OH excluding ortho intramolecular Hbond substituents is 1. The molecule has 7 nitrogen and oxygen atoms in total. The van der Waals surface area contributed by atoms with Crippen molar-refractivity contribution in [3.63, 3.8) is 0 Å². The van der Waals surface area contributed by atoms with Gasteiger partial charge in [-0.2, -0.15) is 0 Å². The lowest BCUT2D eigenvalue weighted by Crippen LogP contribution is -2.14. The zero-order valence-corrected chi connectivity index (χ0v) is 21.8. The van der Waals surface area contributed by atoms with Crippen molar-refractivity contribution in [1.29, 1.82) is 0 Å². The summed E-state index contributed by atoms with van der Waals surface area (Å²) in [6.45, 7) is 4.11. The number of ether oxygens (including phenoxy) is 3. The summed E-state index contributed by atoms with van der Waals surface area (Å²) in [5.41, 5.74) is 0.320. The first kappa shape index (κ1) is 29.9. The number of anilines is 1. The van der Waals surface area contributed by atoms with Gasteiger partial charge in [0.1, 0.15) is 5.75 Å². The van der Waals surface area contributed by atoms with Crippen LogP contribution in [0.2, 0.25) is 5.02 Å². The number of hydrogen-bond donors (Lipinski definition) is 2. The predicted octanol–water partition coefficient (Wildman–Crippen LogP) is 8.53. The largest absolute Gasteiger partial charge is 0.513 e. The number of rotatable bonds is 17. The molecule has 0 unspecified atom stereocenters. The van der Waals surface area contributed by atoms with E-state index in [0.29, 0.717) is 5.56 Å². The van der Waals surface area contributed by atoms with E-state index in [2.05, 4.69) is 17.0 Å². The first-order valence-corrected chi connectivity index (χ1v) is 13.0. The number of phenols is 1. The van der Waals surface area contributed by atoms with E-state index < -0.39 is 12.2 Å². The van der Waals surface area contributed by atoms with Crippen LogP contribution in [-0.2, 0) is 9.47 Å². The van der Waals surface area contributed by atoms with Crippen molar-refractivity contribution in [3.05, 3.63) is 16.7 Å². The Morgan fingerprint density at radius 2 is 1.41 bits per heavy atom. The minimum absolute atomic E-state index is 0.0303. The highest BCUT2D eigenvalue weighted by Gasteiger charge is 2.19. The molecular formula is C26H42ClNO6. The molecule has 34 heavy (non-hydrogen) atoms. The minimum Gasteiger partial charge on any atom is -0.504 e. The van der Waals surface area contributed by atoms with Crippen molar-refractivity contribution in [2.24, 2.45) is 0 Å². The number of amides is 1. The zero-order chi connectivity index (χ0) is 25.2. The Hall–Kier alpha value is -2.15. The van der Waals surface area contributed by atoms with Gasteiger partial charge < -0.3 is 19.3 Å². The molecule has 0 heterocycles. The van der Waals surface area contributed by atoms with E-state index in [9.17, 15) is 14.7 Å². The molecule has 0 saturated carbocycles.